The number of halogens is 3. The van der Waals surface area contributed by atoms with Gasteiger partial charge in [0.25, 0.3) is 0 Å². The van der Waals surface area contributed by atoms with Crippen molar-refractivity contribution < 1.29 is 23.4 Å². The molecule has 0 unspecified atom stereocenters. The van der Waals surface area contributed by atoms with Crippen LogP contribution < -0.4 is 9.47 Å². The zero-order valence-electron chi connectivity index (χ0n) is 20.3. The Morgan fingerprint density at radius 1 is 0.611 bits per heavy atom. The number of aliphatic hydroxyl groups is 1. The average molecular weight is 602 g/mol. The van der Waals surface area contributed by atoms with E-state index in [-0.39, 0.29) is 18.2 Å². The van der Waals surface area contributed by atoms with E-state index in [1.165, 1.54) is 29.8 Å². The highest BCUT2D eigenvalue weighted by molar-refractivity contribution is 14.1. The van der Waals surface area contributed by atoms with Crippen LogP contribution >= 0.6 is 22.6 Å². The van der Waals surface area contributed by atoms with E-state index in [0.29, 0.717) is 6.42 Å². The normalized spacial score (nSPS) is 10.4. The van der Waals surface area contributed by atoms with Crippen molar-refractivity contribution in [3.63, 3.8) is 0 Å². The number of aryl methyl sites for hydroxylation is 1. The Balaban J connectivity index is 0.000000201. The summed E-state index contributed by atoms with van der Waals surface area (Å²) in [6, 6.07) is 24.7. The Morgan fingerprint density at radius 2 is 1.00 bits per heavy atom. The molecular weight excluding hydrogens is 573 g/mol. The summed E-state index contributed by atoms with van der Waals surface area (Å²) in [6.07, 6.45) is 1.56. The molecule has 4 rings (SSSR count). The van der Waals surface area contributed by atoms with Gasteiger partial charge in [-0.15, -0.1) is 0 Å². The molecule has 0 aromatic heterocycles. The van der Waals surface area contributed by atoms with Gasteiger partial charge in [0.1, 0.15) is 23.1 Å². The molecule has 0 radical (unpaired) electrons. The molecule has 188 valence electrons. The van der Waals surface area contributed by atoms with E-state index >= 15 is 0 Å². The van der Waals surface area contributed by atoms with Crippen molar-refractivity contribution in [2.45, 2.75) is 12.8 Å². The van der Waals surface area contributed by atoms with Gasteiger partial charge in [0.15, 0.2) is 0 Å². The first-order valence-electron chi connectivity index (χ1n) is 11.5. The Kier molecular flexibility index (Phi) is 10.7. The summed E-state index contributed by atoms with van der Waals surface area (Å²) in [5.41, 5.74) is 6.11. The molecule has 0 aliphatic heterocycles. The summed E-state index contributed by atoms with van der Waals surface area (Å²) in [4.78, 5) is 0. The first-order valence-corrected chi connectivity index (χ1v) is 13.0. The summed E-state index contributed by atoms with van der Waals surface area (Å²) in [7, 11) is 3.28. The quantitative estimate of drug-likeness (QED) is 0.168. The summed E-state index contributed by atoms with van der Waals surface area (Å²) < 4.78 is 37.5. The standard InChI is InChI=1S/C15H14FIO.C15H15FO2/c2*1-18-15-10-13(3-2-12(15)8-9-17)11-4-6-14(16)7-5-11/h2-7,10H,8-9H2,1H3;2-7,10,17H,8-9H2,1H3. The van der Waals surface area contributed by atoms with Gasteiger partial charge in [0.05, 0.1) is 14.2 Å². The van der Waals surface area contributed by atoms with Gasteiger partial charge in [0, 0.05) is 11.0 Å². The maximum Gasteiger partial charge on any atom is 0.123 e. The molecule has 0 bridgehead atoms. The molecule has 36 heavy (non-hydrogen) atoms. The highest BCUT2D eigenvalue weighted by atomic mass is 127. The number of hydrogen-bond donors (Lipinski definition) is 1. The van der Waals surface area contributed by atoms with Crippen molar-refractivity contribution in [1.82, 2.24) is 0 Å². The Labute approximate surface area is 224 Å². The van der Waals surface area contributed by atoms with Crippen LogP contribution in [0, 0.1) is 11.6 Å². The number of alkyl halides is 1. The van der Waals surface area contributed by atoms with E-state index in [9.17, 15) is 8.78 Å². The minimum Gasteiger partial charge on any atom is -0.496 e. The minimum absolute atomic E-state index is 0.0895. The smallest absolute Gasteiger partial charge is 0.123 e. The molecule has 0 aliphatic rings. The van der Waals surface area contributed by atoms with Crippen molar-refractivity contribution in [3.05, 3.63) is 108 Å². The first kappa shape index (κ1) is 27.6. The topological polar surface area (TPSA) is 38.7 Å². The maximum atomic E-state index is 12.9. The third-order valence-corrected chi connectivity index (χ3v) is 6.21. The number of aliphatic hydroxyl groups excluding tert-OH is 1. The Hall–Kier alpha value is -2.97. The van der Waals surface area contributed by atoms with Crippen LogP contribution in [-0.4, -0.2) is 30.4 Å². The van der Waals surface area contributed by atoms with Gasteiger partial charge >= 0.3 is 0 Å². The number of rotatable bonds is 8. The summed E-state index contributed by atoms with van der Waals surface area (Å²) in [5, 5.41) is 8.96. The molecule has 0 fully saturated rings. The van der Waals surface area contributed by atoms with E-state index in [2.05, 4.69) is 34.7 Å². The van der Waals surface area contributed by atoms with Gasteiger partial charge in [-0.25, -0.2) is 8.78 Å². The van der Waals surface area contributed by atoms with E-state index in [0.717, 1.165) is 50.2 Å². The SMILES string of the molecule is COc1cc(-c2ccc(F)cc2)ccc1CCI.COc1cc(-c2ccc(F)cc2)ccc1CCO. The van der Waals surface area contributed by atoms with Gasteiger partial charge in [0.2, 0.25) is 0 Å². The van der Waals surface area contributed by atoms with Crippen LogP contribution in [0.3, 0.4) is 0 Å². The van der Waals surface area contributed by atoms with Gasteiger partial charge in [-0.2, -0.15) is 0 Å². The molecule has 0 atom stereocenters. The Morgan fingerprint density at radius 3 is 1.36 bits per heavy atom. The van der Waals surface area contributed by atoms with Gasteiger partial charge in [-0.3, -0.25) is 0 Å². The fourth-order valence-corrected chi connectivity index (χ4v) is 4.35. The molecule has 0 heterocycles. The number of benzene rings is 4. The largest absolute Gasteiger partial charge is 0.496 e. The third kappa shape index (κ3) is 7.51. The summed E-state index contributed by atoms with van der Waals surface area (Å²) >= 11 is 2.35. The second kappa shape index (κ2) is 13.9. The number of methoxy groups -OCH3 is 2. The molecule has 0 saturated carbocycles. The lowest BCUT2D eigenvalue weighted by atomic mass is 10.0. The van der Waals surface area contributed by atoms with E-state index in [4.69, 9.17) is 14.6 Å². The molecule has 3 nitrogen and oxygen atoms in total. The Bertz CT molecular complexity index is 1140. The van der Waals surface area contributed by atoms with Gasteiger partial charge in [-0.05, 0) is 82.6 Å². The first-order chi connectivity index (χ1) is 17.5. The molecule has 0 aliphatic carbocycles. The van der Waals surface area contributed by atoms with E-state index < -0.39 is 0 Å². The van der Waals surface area contributed by atoms with E-state index in [1.54, 1.807) is 38.5 Å². The highest BCUT2D eigenvalue weighted by Gasteiger charge is 2.07. The molecule has 4 aromatic carbocycles. The summed E-state index contributed by atoms with van der Waals surface area (Å²) in [5.74, 6) is 1.18. The van der Waals surface area contributed by atoms with Crippen LogP contribution in [0.5, 0.6) is 11.5 Å². The molecule has 0 saturated heterocycles. The fraction of sp³-hybridized carbons (Fsp3) is 0.200. The monoisotopic (exact) mass is 602 g/mol. The fourth-order valence-electron chi connectivity index (χ4n) is 3.77. The molecule has 0 amide bonds. The molecule has 0 spiro atoms. The second-order valence-electron chi connectivity index (χ2n) is 7.98. The van der Waals surface area contributed by atoms with Crippen LogP contribution in [0.15, 0.2) is 84.9 Å². The minimum atomic E-state index is -0.248. The van der Waals surface area contributed by atoms with Crippen molar-refractivity contribution in [2.75, 3.05) is 25.3 Å². The van der Waals surface area contributed by atoms with Crippen molar-refractivity contribution in [2.24, 2.45) is 0 Å². The van der Waals surface area contributed by atoms with Gasteiger partial charge < -0.3 is 14.6 Å². The third-order valence-electron chi connectivity index (χ3n) is 5.67. The molecule has 6 heteroatoms. The molecule has 4 aromatic rings. The van der Waals surface area contributed by atoms with Crippen LogP contribution in [-0.2, 0) is 12.8 Å². The number of hydrogen-bond acceptors (Lipinski definition) is 3. The van der Waals surface area contributed by atoms with E-state index in [1.807, 2.05) is 24.3 Å². The van der Waals surface area contributed by atoms with Crippen LogP contribution in [0.4, 0.5) is 8.78 Å². The zero-order chi connectivity index (χ0) is 25.9. The molecular formula is C30H29F2IO3. The molecule has 1 N–H and O–H groups in total. The zero-order valence-corrected chi connectivity index (χ0v) is 22.5. The lowest BCUT2D eigenvalue weighted by molar-refractivity contribution is 0.296. The maximum absolute atomic E-state index is 12.9. The predicted molar refractivity (Wildman–Crippen MR) is 150 cm³/mol. The lowest BCUT2D eigenvalue weighted by Gasteiger charge is -2.10. The predicted octanol–water partition coefficient (Wildman–Crippen LogP) is 7.51. The second-order valence-corrected chi connectivity index (χ2v) is 9.06. The van der Waals surface area contributed by atoms with Crippen LogP contribution in [0.2, 0.25) is 0 Å². The highest BCUT2D eigenvalue weighted by Crippen LogP contribution is 2.29. The van der Waals surface area contributed by atoms with Crippen molar-refractivity contribution in [1.29, 1.82) is 0 Å². The lowest BCUT2D eigenvalue weighted by Crippen LogP contribution is -1.96. The van der Waals surface area contributed by atoms with Crippen molar-refractivity contribution >= 4 is 22.6 Å². The van der Waals surface area contributed by atoms with Crippen LogP contribution in [0.1, 0.15) is 11.1 Å². The van der Waals surface area contributed by atoms with Crippen molar-refractivity contribution in [3.8, 4) is 33.8 Å². The average Bonchev–Trinajstić information content (AvgIpc) is 2.91. The van der Waals surface area contributed by atoms with Crippen LogP contribution in [0.25, 0.3) is 22.3 Å². The number of ether oxygens (including phenoxy) is 2. The summed E-state index contributed by atoms with van der Waals surface area (Å²) in [6.45, 7) is 0.0895. The van der Waals surface area contributed by atoms with Gasteiger partial charge in [-0.1, -0.05) is 71.1 Å².